The number of nitrogens with zero attached hydrogens (tertiary/aromatic N) is 1. The monoisotopic (exact) mass is 256 g/mol. The molecule has 0 spiro atoms. The summed E-state index contributed by atoms with van der Waals surface area (Å²) < 4.78 is 5.83. The Kier molecular flexibility index (Phi) is 4.17. The molecule has 100 valence electrons. The summed E-state index contributed by atoms with van der Waals surface area (Å²) in [5, 5.41) is 3.19. The summed E-state index contributed by atoms with van der Waals surface area (Å²) in [6.45, 7) is 6.23. The van der Waals surface area contributed by atoms with Crippen molar-refractivity contribution in [1.82, 2.24) is 10.3 Å². The predicted molar refractivity (Wildman–Crippen MR) is 77.7 cm³/mol. The fourth-order valence-electron chi connectivity index (χ4n) is 1.82. The third-order valence-electron chi connectivity index (χ3n) is 3.46. The molecule has 0 aliphatic carbocycles. The minimum Gasteiger partial charge on any atom is -0.439 e. The molecule has 1 aromatic heterocycles. The van der Waals surface area contributed by atoms with Gasteiger partial charge in [-0.25, -0.2) is 4.98 Å². The fraction of sp³-hybridized carbons (Fsp3) is 0.312. The fourth-order valence-corrected chi connectivity index (χ4v) is 1.82. The van der Waals surface area contributed by atoms with Crippen LogP contribution in [0.25, 0.3) is 0 Å². The molecule has 1 aromatic carbocycles. The van der Waals surface area contributed by atoms with Crippen molar-refractivity contribution in [1.29, 1.82) is 0 Å². The van der Waals surface area contributed by atoms with E-state index in [4.69, 9.17) is 4.74 Å². The van der Waals surface area contributed by atoms with E-state index in [2.05, 4.69) is 37.1 Å². The Morgan fingerprint density at radius 1 is 1.16 bits per heavy atom. The predicted octanol–water partition coefficient (Wildman–Crippen LogP) is 3.77. The smallest absolute Gasteiger partial charge is 0.219 e. The summed E-state index contributed by atoms with van der Waals surface area (Å²) in [5.74, 6) is 1.49. The number of ether oxygens (including phenoxy) is 1. The van der Waals surface area contributed by atoms with Gasteiger partial charge < -0.3 is 10.1 Å². The number of nitrogens with one attached hydrogen (secondary N) is 1. The summed E-state index contributed by atoms with van der Waals surface area (Å²) in [4.78, 5) is 4.35. The van der Waals surface area contributed by atoms with Gasteiger partial charge in [0.1, 0.15) is 5.75 Å². The molecule has 0 radical (unpaired) electrons. The first-order valence-electron chi connectivity index (χ1n) is 6.49. The van der Waals surface area contributed by atoms with Crippen LogP contribution in [0.3, 0.4) is 0 Å². The molecule has 1 heterocycles. The molecule has 1 atom stereocenters. The second-order valence-electron chi connectivity index (χ2n) is 4.74. The maximum Gasteiger partial charge on any atom is 0.219 e. The first-order chi connectivity index (χ1) is 9.11. The molecule has 0 fully saturated rings. The lowest BCUT2D eigenvalue weighted by Gasteiger charge is -2.12. The number of benzene rings is 1. The second-order valence-corrected chi connectivity index (χ2v) is 4.74. The molecular weight excluding hydrogens is 236 g/mol. The van der Waals surface area contributed by atoms with Crippen molar-refractivity contribution in [2.75, 3.05) is 7.05 Å². The van der Waals surface area contributed by atoms with Crippen LogP contribution in [0.4, 0.5) is 0 Å². The third-order valence-corrected chi connectivity index (χ3v) is 3.46. The van der Waals surface area contributed by atoms with Gasteiger partial charge >= 0.3 is 0 Å². The first-order valence-corrected chi connectivity index (χ1v) is 6.49. The molecule has 0 aliphatic heterocycles. The van der Waals surface area contributed by atoms with Gasteiger partial charge in [0.05, 0.1) is 0 Å². The standard InChI is InChI=1S/C16H20N2O/c1-11-6-5-7-15(12(11)2)19-16-9-8-14(10-18-16)13(3)17-4/h5-10,13,17H,1-4H3. The molecule has 0 saturated carbocycles. The second kappa shape index (κ2) is 5.85. The van der Waals surface area contributed by atoms with Crippen molar-refractivity contribution in [3.05, 3.63) is 53.2 Å². The molecule has 0 aliphatic rings. The van der Waals surface area contributed by atoms with E-state index >= 15 is 0 Å². The van der Waals surface area contributed by atoms with Crippen LogP contribution in [0.5, 0.6) is 11.6 Å². The van der Waals surface area contributed by atoms with Crippen LogP contribution in [0.15, 0.2) is 36.5 Å². The molecule has 1 N–H and O–H groups in total. The largest absolute Gasteiger partial charge is 0.439 e. The lowest BCUT2D eigenvalue weighted by Crippen LogP contribution is -2.12. The highest BCUT2D eigenvalue weighted by atomic mass is 16.5. The van der Waals surface area contributed by atoms with Gasteiger partial charge in [0.25, 0.3) is 0 Å². The average molecular weight is 256 g/mol. The van der Waals surface area contributed by atoms with Gasteiger partial charge in [-0.15, -0.1) is 0 Å². The van der Waals surface area contributed by atoms with Crippen LogP contribution in [0.1, 0.15) is 29.7 Å². The van der Waals surface area contributed by atoms with Gasteiger partial charge in [0.2, 0.25) is 5.88 Å². The summed E-state index contributed by atoms with van der Waals surface area (Å²) in [6.07, 6.45) is 1.85. The molecule has 19 heavy (non-hydrogen) atoms. The molecule has 1 unspecified atom stereocenters. The van der Waals surface area contributed by atoms with Crippen LogP contribution in [-0.2, 0) is 0 Å². The van der Waals surface area contributed by atoms with Gasteiger partial charge in [-0.1, -0.05) is 18.2 Å². The molecule has 3 heteroatoms. The van der Waals surface area contributed by atoms with E-state index in [0.29, 0.717) is 11.9 Å². The SMILES string of the molecule is CNC(C)c1ccc(Oc2cccc(C)c2C)nc1. The van der Waals surface area contributed by atoms with Crippen LogP contribution < -0.4 is 10.1 Å². The van der Waals surface area contributed by atoms with E-state index in [9.17, 15) is 0 Å². The number of aryl methyl sites for hydroxylation is 1. The highest BCUT2D eigenvalue weighted by molar-refractivity contribution is 5.40. The van der Waals surface area contributed by atoms with E-state index < -0.39 is 0 Å². The summed E-state index contributed by atoms with van der Waals surface area (Å²) in [6, 6.07) is 10.3. The first kappa shape index (κ1) is 13.6. The maximum absolute atomic E-state index is 5.83. The van der Waals surface area contributed by atoms with Gasteiger partial charge in [-0.2, -0.15) is 0 Å². The molecule has 3 nitrogen and oxygen atoms in total. The number of rotatable bonds is 4. The van der Waals surface area contributed by atoms with E-state index in [-0.39, 0.29) is 0 Å². The average Bonchev–Trinajstić information content (AvgIpc) is 2.44. The Morgan fingerprint density at radius 2 is 1.95 bits per heavy atom. The van der Waals surface area contributed by atoms with E-state index in [1.54, 1.807) is 0 Å². The van der Waals surface area contributed by atoms with Gasteiger partial charge in [-0.05, 0) is 50.6 Å². The topological polar surface area (TPSA) is 34.1 Å². The Labute approximate surface area is 114 Å². The van der Waals surface area contributed by atoms with Crippen molar-refractivity contribution >= 4 is 0 Å². The zero-order chi connectivity index (χ0) is 13.8. The van der Waals surface area contributed by atoms with Crippen LogP contribution >= 0.6 is 0 Å². The van der Waals surface area contributed by atoms with E-state index in [1.165, 1.54) is 5.56 Å². The normalized spacial score (nSPS) is 12.2. The lowest BCUT2D eigenvalue weighted by atomic mass is 10.1. The highest BCUT2D eigenvalue weighted by Gasteiger charge is 2.06. The minimum absolute atomic E-state index is 0.294. The Balaban J connectivity index is 2.18. The number of aromatic nitrogens is 1. The number of pyridine rings is 1. The zero-order valence-electron chi connectivity index (χ0n) is 11.9. The molecule has 0 amide bonds. The highest BCUT2D eigenvalue weighted by Crippen LogP contribution is 2.26. The Bertz CT molecular complexity index is 549. The zero-order valence-corrected chi connectivity index (χ0v) is 11.9. The van der Waals surface area contributed by atoms with Gasteiger partial charge in [0.15, 0.2) is 0 Å². The summed E-state index contributed by atoms with van der Waals surface area (Å²) in [5.41, 5.74) is 3.52. The third kappa shape index (κ3) is 3.12. The summed E-state index contributed by atoms with van der Waals surface area (Å²) in [7, 11) is 1.94. The molecular formula is C16H20N2O. The van der Waals surface area contributed by atoms with Crippen LogP contribution in [0.2, 0.25) is 0 Å². The van der Waals surface area contributed by atoms with Crippen LogP contribution in [0, 0.1) is 13.8 Å². The van der Waals surface area contributed by atoms with Crippen LogP contribution in [-0.4, -0.2) is 12.0 Å². The van der Waals surface area contributed by atoms with Gasteiger partial charge in [-0.3, -0.25) is 0 Å². The van der Waals surface area contributed by atoms with E-state index in [1.807, 2.05) is 37.5 Å². The van der Waals surface area contributed by atoms with Gasteiger partial charge in [0, 0.05) is 18.3 Å². The lowest BCUT2D eigenvalue weighted by molar-refractivity contribution is 0.458. The van der Waals surface area contributed by atoms with Crippen molar-refractivity contribution in [2.24, 2.45) is 0 Å². The quantitative estimate of drug-likeness (QED) is 0.904. The molecule has 0 saturated heterocycles. The molecule has 2 rings (SSSR count). The Morgan fingerprint density at radius 3 is 2.58 bits per heavy atom. The summed E-state index contributed by atoms with van der Waals surface area (Å²) >= 11 is 0. The maximum atomic E-state index is 5.83. The molecule has 0 bridgehead atoms. The minimum atomic E-state index is 0.294. The van der Waals surface area contributed by atoms with Crippen molar-refractivity contribution in [2.45, 2.75) is 26.8 Å². The van der Waals surface area contributed by atoms with Crippen molar-refractivity contribution in [3.63, 3.8) is 0 Å². The number of hydrogen-bond donors (Lipinski definition) is 1. The van der Waals surface area contributed by atoms with E-state index in [0.717, 1.165) is 16.9 Å². The van der Waals surface area contributed by atoms with Crippen molar-refractivity contribution < 1.29 is 4.74 Å². The molecule has 2 aromatic rings. The Hall–Kier alpha value is -1.87. The number of hydrogen-bond acceptors (Lipinski definition) is 3. The van der Waals surface area contributed by atoms with Crippen molar-refractivity contribution in [3.8, 4) is 11.6 Å².